The summed E-state index contributed by atoms with van der Waals surface area (Å²) in [5.41, 5.74) is -0.403. The third-order valence-corrected chi connectivity index (χ3v) is 6.36. The number of ether oxygens (including phenoxy) is 1. The van der Waals surface area contributed by atoms with Crippen molar-refractivity contribution in [3.8, 4) is 5.75 Å². The molecule has 0 saturated carbocycles. The van der Waals surface area contributed by atoms with Crippen LogP contribution in [0.1, 0.15) is 34.8 Å². The maximum Gasteiger partial charge on any atom is 0.416 e. The van der Waals surface area contributed by atoms with Gasteiger partial charge in [0, 0.05) is 18.0 Å². The predicted molar refractivity (Wildman–Crippen MR) is 117 cm³/mol. The Bertz CT molecular complexity index is 899. The van der Waals surface area contributed by atoms with Crippen LogP contribution in [0.4, 0.5) is 13.2 Å². The molecule has 1 unspecified atom stereocenters. The number of likely N-dealkylation sites (tertiary alicyclic amines) is 1. The van der Waals surface area contributed by atoms with Crippen molar-refractivity contribution < 1.29 is 22.7 Å². The number of alkyl halides is 3. The molecule has 1 N–H and O–H groups in total. The van der Waals surface area contributed by atoms with E-state index in [1.54, 1.807) is 6.26 Å². The Labute approximate surface area is 185 Å². The molecule has 0 bridgehead atoms. The molecule has 0 spiro atoms. The molecule has 0 aromatic heterocycles. The Balaban J connectivity index is 2.07. The first-order valence-electron chi connectivity index (χ1n) is 9.99. The Hall–Kier alpha value is -2.19. The van der Waals surface area contributed by atoms with Gasteiger partial charge < -0.3 is 15.0 Å². The van der Waals surface area contributed by atoms with Crippen LogP contribution in [0.25, 0.3) is 0 Å². The standard InChI is InChI=1S/C23H27F3N2O2S/c1-15-12-22(14-28(2)13-15,16-8-6-5-7-9-16)27-21(29)20-18(30-3)10-17(23(24,25)26)11-19(20)31-4/h5-11,15H,12-14H2,1-4H3,(H,27,29)/t15?,22-/m0/s1. The van der Waals surface area contributed by atoms with E-state index in [-0.39, 0.29) is 16.2 Å². The Morgan fingerprint density at radius 1 is 1.26 bits per heavy atom. The minimum Gasteiger partial charge on any atom is -0.496 e. The summed E-state index contributed by atoms with van der Waals surface area (Å²) in [6.07, 6.45) is -2.15. The summed E-state index contributed by atoms with van der Waals surface area (Å²) in [6, 6.07) is 11.6. The van der Waals surface area contributed by atoms with Crippen molar-refractivity contribution in [1.29, 1.82) is 0 Å². The van der Waals surface area contributed by atoms with Crippen LogP contribution in [0.15, 0.2) is 47.4 Å². The van der Waals surface area contributed by atoms with E-state index < -0.39 is 23.2 Å². The van der Waals surface area contributed by atoms with Gasteiger partial charge in [-0.25, -0.2) is 0 Å². The largest absolute Gasteiger partial charge is 0.496 e. The number of methoxy groups -OCH3 is 1. The molecule has 1 heterocycles. The summed E-state index contributed by atoms with van der Waals surface area (Å²) in [5, 5.41) is 3.18. The van der Waals surface area contributed by atoms with Crippen molar-refractivity contribution in [3.63, 3.8) is 0 Å². The van der Waals surface area contributed by atoms with Crippen LogP contribution in [-0.2, 0) is 11.7 Å². The van der Waals surface area contributed by atoms with Crippen LogP contribution in [0.3, 0.4) is 0 Å². The predicted octanol–water partition coefficient (Wildman–Crippen LogP) is 5.03. The number of nitrogens with one attached hydrogen (secondary N) is 1. The highest BCUT2D eigenvalue weighted by Crippen LogP contribution is 2.40. The number of hydrogen-bond acceptors (Lipinski definition) is 4. The molecule has 1 fully saturated rings. The van der Waals surface area contributed by atoms with Crippen LogP contribution >= 0.6 is 11.8 Å². The Morgan fingerprint density at radius 3 is 2.48 bits per heavy atom. The monoisotopic (exact) mass is 452 g/mol. The third-order valence-electron chi connectivity index (χ3n) is 5.60. The van der Waals surface area contributed by atoms with E-state index >= 15 is 0 Å². The van der Waals surface area contributed by atoms with Crippen LogP contribution in [0, 0.1) is 5.92 Å². The molecule has 1 saturated heterocycles. The van der Waals surface area contributed by atoms with Gasteiger partial charge in [-0.1, -0.05) is 37.3 Å². The van der Waals surface area contributed by atoms with E-state index in [1.807, 2.05) is 37.4 Å². The molecule has 8 heteroatoms. The first kappa shape index (κ1) is 23.5. The Morgan fingerprint density at radius 2 is 1.94 bits per heavy atom. The van der Waals surface area contributed by atoms with Gasteiger partial charge >= 0.3 is 6.18 Å². The molecule has 1 aliphatic heterocycles. The van der Waals surface area contributed by atoms with Crippen LogP contribution in [0.2, 0.25) is 0 Å². The van der Waals surface area contributed by atoms with Gasteiger partial charge in [-0.15, -0.1) is 11.8 Å². The highest BCUT2D eigenvalue weighted by molar-refractivity contribution is 7.98. The maximum atomic E-state index is 13.5. The summed E-state index contributed by atoms with van der Waals surface area (Å²) in [6.45, 7) is 3.64. The fraction of sp³-hybridized carbons (Fsp3) is 0.435. The zero-order valence-corrected chi connectivity index (χ0v) is 18.9. The number of thioether (sulfide) groups is 1. The molecule has 1 amide bonds. The van der Waals surface area contributed by atoms with E-state index in [1.165, 1.54) is 7.11 Å². The molecule has 2 aromatic rings. The Kier molecular flexibility index (Phi) is 6.91. The molecule has 4 nitrogen and oxygen atoms in total. The van der Waals surface area contributed by atoms with Crippen molar-refractivity contribution in [2.75, 3.05) is 33.5 Å². The average Bonchev–Trinajstić information content (AvgIpc) is 2.71. The zero-order chi connectivity index (χ0) is 22.8. The fourth-order valence-corrected chi connectivity index (χ4v) is 5.13. The van der Waals surface area contributed by atoms with Crippen molar-refractivity contribution in [2.45, 2.75) is 30.0 Å². The van der Waals surface area contributed by atoms with E-state index in [2.05, 4.69) is 17.1 Å². The number of piperidine rings is 1. The van der Waals surface area contributed by atoms with Gasteiger partial charge in [0.15, 0.2) is 0 Å². The summed E-state index contributed by atoms with van der Waals surface area (Å²) < 4.78 is 45.2. The van der Waals surface area contributed by atoms with Gasteiger partial charge in [0.1, 0.15) is 5.75 Å². The average molecular weight is 453 g/mol. The number of rotatable bonds is 5. The maximum absolute atomic E-state index is 13.5. The van der Waals surface area contributed by atoms with Crippen LogP contribution in [0.5, 0.6) is 5.75 Å². The number of nitrogens with zero attached hydrogens (tertiary/aromatic N) is 1. The lowest BCUT2D eigenvalue weighted by molar-refractivity contribution is -0.137. The van der Waals surface area contributed by atoms with Gasteiger partial charge in [0.05, 0.1) is 23.8 Å². The molecular formula is C23H27F3N2O2S. The first-order valence-corrected chi connectivity index (χ1v) is 11.2. The van der Waals surface area contributed by atoms with Crippen LogP contribution < -0.4 is 10.1 Å². The van der Waals surface area contributed by atoms with E-state index in [9.17, 15) is 18.0 Å². The van der Waals surface area contributed by atoms with Crippen molar-refractivity contribution >= 4 is 17.7 Å². The number of likely N-dealkylation sites (N-methyl/N-ethyl adjacent to an activating group) is 1. The molecule has 2 atom stereocenters. The number of carbonyl (C=O) groups excluding carboxylic acids is 1. The lowest BCUT2D eigenvalue weighted by Crippen LogP contribution is -2.57. The van der Waals surface area contributed by atoms with Gasteiger partial charge in [0.25, 0.3) is 5.91 Å². The van der Waals surface area contributed by atoms with E-state index in [0.717, 1.165) is 42.4 Å². The molecule has 3 rings (SSSR count). The molecule has 0 radical (unpaired) electrons. The van der Waals surface area contributed by atoms with Gasteiger partial charge in [0.2, 0.25) is 0 Å². The minimum absolute atomic E-state index is 0.0860. The number of amides is 1. The smallest absolute Gasteiger partial charge is 0.416 e. The molecule has 2 aromatic carbocycles. The lowest BCUT2D eigenvalue weighted by atomic mass is 9.78. The number of benzene rings is 2. The summed E-state index contributed by atoms with van der Waals surface area (Å²) >= 11 is 1.09. The second-order valence-corrected chi connectivity index (χ2v) is 9.01. The van der Waals surface area contributed by atoms with Gasteiger partial charge in [-0.3, -0.25) is 4.79 Å². The topological polar surface area (TPSA) is 41.6 Å². The summed E-state index contributed by atoms with van der Waals surface area (Å²) in [7, 11) is 3.28. The molecule has 1 aliphatic rings. The lowest BCUT2D eigenvalue weighted by Gasteiger charge is -2.45. The van der Waals surface area contributed by atoms with E-state index in [4.69, 9.17) is 4.74 Å². The van der Waals surface area contributed by atoms with Crippen molar-refractivity contribution in [2.24, 2.45) is 5.92 Å². The molecule has 0 aliphatic carbocycles. The fourth-order valence-electron chi connectivity index (χ4n) is 4.49. The minimum atomic E-state index is -4.53. The molecular weight excluding hydrogens is 425 g/mol. The molecule has 31 heavy (non-hydrogen) atoms. The van der Waals surface area contributed by atoms with Gasteiger partial charge in [-0.2, -0.15) is 13.2 Å². The number of hydrogen-bond donors (Lipinski definition) is 1. The van der Waals surface area contributed by atoms with Gasteiger partial charge in [-0.05, 0) is 43.3 Å². The normalized spacial score (nSPS) is 22.2. The second kappa shape index (κ2) is 9.12. The van der Waals surface area contributed by atoms with Crippen molar-refractivity contribution in [3.05, 3.63) is 59.2 Å². The van der Waals surface area contributed by atoms with Crippen molar-refractivity contribution in [1.82, 2.24) is 10.2 Å². The summed E-state index contributed by atoms with van der Waals surface area (Å²) in [4.78, 5) is 15.9. The first-order chi connectivity index (χ1) is 14.6. The quantitative estimate of drug-likeness (QED) is 0.646. The summed E-state index contributed by atoms with van der Waals surface area (Å²) in [5.74, 6) is -0.202. The SMILES string of the molecule is COc1cc(C(F)(F)F)cc(SC)c1C(=O)N[C@@]1(c2ccccc2)CC(C)CN(C)C1. The molecule has 168 valence electrons. The van der Waals surface area contributed by atoms with E-state index in [0.29, 0.717) is 12.5 Å². The number of carbonyl (C=O) groups is 1. The highest BCUT2D eigenvalue weighted by atomic mass is 32.2. The highest BCUT2D eigenvalue weighted by Gasteiger charge is 2.41. The third kappa shape index (κ3) is 5.01. The van der Waals surface area contributed by atoms with Crippen LogP contribution in [-0.4, -0.2) is 44.3 Å². The zero-order valence-electron chi connectivity index (χ0n) is 18.0. The second-order valence-electron chi connectivity index (χ2n) is 8.16. The number of halogens is 3.